The van der Waals surface area contributed by atoms with Crippen molar-refractivity contribution in [3.63, 3.8) is 0 Å². The van der Waals surface area contributed by atoms with Gasteiger partial charge in [-0.05, 0) is 12.1 Å². The molecule has 6 nitrogen and oxygen atoms in total. The van der Waals surface area contributed by atoms with Crippen molar-refractivity contribution in [1.82, 2.24) is 15.6 Å². The van der Waals surface area contributed by atoms with E-state index in [9.17, 15) is 9.59 Å². The molecule has 0 aliphatic carbocycles. The van der Waals surface area contributed by atoms with E-state index in [0.29, 0.717) is 30.0 Å². The maximum absolute atomic E-state index is 12.3. The summed E-state index contributed by atoms with van der Waals surface area (Å²) in [5, 5.41) is 5.43. The zero-order valence-corrected chi connectivity index (χ0v) is 13.4. The highest BCUT2D eigenvalue weighted by atomic mass is 16.5. The SMILES string of the molecule is C=CCNC(=O)c1cncc(C(=O)NCc2ccccc2OC)c1. The van der Waals surface area contributed by atoms with Crippen molar-refractivity contribution in [3.05, 3.63) is 72.1 Å². The van der Waals surface area contributed by atoms with Crippen LogP contribution in [0.25, 0.3) is 0 Å². The molecular weight excluding hydrogens is 306 g/mol. The van der Waals surface area contributed by atoms with E-state index in [4.69, 9.17) is 4.74 Å². The molecule has 0 unspecified atom stereocenters. The van der Waals surface area contributed by atoms with Gasteiger partial charge >= 0.3 is 0 Å². The quantitative estimate of drug-likeness (QED) is 0.762. The van der Waals surface area contributed by atoms with Crippen molar-refractivity contribution in [2.24, 2.45) is 0 Å². The average molecular weight is 325 g/mol. The molecule has 0 fully saturated rings. The number of nitrogens with one attached hydrogen (secondary N) is 2. The van der Waals surface area contributed by atoms with Gasteiger partial charge in [-0.3, -0.25) is 14.6 Å². The number of ether oxygens (including phenoxy) is 1. The Balaban J connectivity index is 2.04. The maximum atomic E-state index is 12.3. The Labute approximate surface area is 140 Å². The van der Waals surface area contributed by atoms with Crippen LogP contribution in [-0.2, 0) is 6.54 Å². The van der Waals surface area contributed by atoms with Gasteiger partial charge in [0.05, 0.1) is 18.2 Å². The van der Waals surface area contributed by atoms with Crippen molar-refractivity contribution in [3.8, 4) is 5.75 Å². The van der Waals surface area contributed by atoms with Gasteiger partial charge in [0.1, 0.15) is 5.75 Å². The summed E-state index contributed by atoms with van der Waals surface area (Å²) in [5.74, 6) is 0.0852. The van der Waals surface area contributed by atoms with Crippen molar-refractivity contribution in [2.75, 3.05) is 13.7 Å². The van der Waals surface area contributed by atoms with E-state index in [1.54, 1.807) is 13.2 Å². The molecule has 2 amide bonds. The van der Waals surface area contributed by atoms with Gasteiger partial charge in [0, 0.05) is 31.0 Å². The minimum Gasteiger partial charge on any atom is -0.496 e. The van der Waals surface area contributed by atoms with Crippen molar-refractivity contribution < 1.29 is 14.3 Å². The Morgan fingerprint density at radius 1 is 1.17 bits per heavy atom. The molecule has 6 heteroatoms. The first-order valence-corrected chi connectivity index (χ1v) is 7.40. The Kier molecular flexibility index (Phi) is 6.08. The molecule has 24 heavy (non-hydrogen) atoms. The van der Waals surface area contributed by atoms with E-state index in [-0.39, 0.29) is 11.8 Å². The number of rotatable bonds is 7. The molecule has 1 aromatic carbocycles. The summed E-state index contributed by atoms with van der Waals surface area (Å²) in [6.07, 6.45) is 4.41. The summed E-state index contributed by atoms with van der Waals surface area (Å²) in [4.78, 5) is 28.1. The van der Waals surface area contributed by atoms with Crippen LogP contribution in [-0.4, -0.2) is 30.5 Å². The van der Waals surface area contributed by atoms with Crippen LogP contribution < -0.4 is 15.4 Å². The smallest absolute Gasteiger partial charge is 0.253 e. The number of amides is 2. The normalized spacial score (nSPS) is 9.88. The van der Waals surface area contributed by atoms with Crippen LogP contribution in [0.5, 0.6) is 5.75 Å². The molecule has 0 spiro atoms. The largest absolute Gasteiger partial charge is 0.496 e. The predicted molar refractivity (Wildman–Crippen MR) is 90.9 cm³/mol. The number of hydrogen-bond donors (Lipinski definition) is 2. The number of methoxy groups -OCH3 is 1. The first kappa shape index (κ1) is 17.2. The fourth-order valence-electron chi connectivity index (χ4n) is 2.08. The molecule has 0 aliphatic heterocycles. The molecule has 0 saturated carbocycles. The number of carbonyl (C=O) groups excluding carboxylic acids is 2. The van der Waals surface area contributed by atoms with Crippen molar-refractivity contribution in [1.29, 1.82) is 0 Å². The van der Waals surface area contributed by atoms with Gasteiger partial charge in [-0.25, -0.2) is 0 Å². The van der Waals surface area contributed by atoms with Crippen LogP contribution in [0.2, 0.25) is 0 Å². The fourth-order valence-corrected chi connectivity index (χ4v) is 2.08. The summed E-state index contributed by atoms with van der Waals surface area (Å²) >= 11 is 0. The number of para-hydroxylation sites is 1. The second-order valence-corrected chi connectivity index (χ2v) is 4.96. The third kappa shape index (κ3) is 4.42. The van der Waals surface area contributed by atoms with E-state index in [0.717, 1.165) is 5.56 Å². The minimum absolute atomic E-state index is 0.304. The Hall–Kier alpha value is -3.15. The minimum atomic E-state index is -0.313. The second kappa shape index (κ2) is 8.47. The Morgan fingerprint density at radius 2 is 1.83 bits per heavy atom. The lowest BCUT2D eigenvalue weighted by atomic mass is 10.1. The molecule has 0 saturated heterocycles. The van der Waals surface area contributed by atoms with Crippen molar-refractivity contribution in [2.45, 2.75) is 6.54 Å². The van der Waals surface area contributed by atoms with Gasteiger partial charge < -0.3 is 15.4 Å². The van der Waals surface area contributed by atoms with Crippen LogP contribution in [0.1, 0.15) is 26.3 Å². The standard InChI is InChI=1S/C18H19N3O3/c1-3-8-20-17(22)14-9-15(11-19-10-14)18(23)21-12-13-6-4-5-7-16(13)24-2/h3-7,9-11H,1,8,12H2,2H3,(H,20,22)(H,21,23). The molecule has 1 heterocycles. The van der Waals surface area contributed by atoms with E-state index in [2.05, 4.69) is 22.2 Å². The molecule has 2 aromatic rings. The molecule has 2 N–H and O–H groups in total. The number of aromatic nitrogens is 1. The number of carbonyl (C=O) groups is 2. The van der Waals surface area contributed by atoms with Crippen LogP contribution in [0, 0.1) is 0 Å². The van der Waals surface area contributed by atoms with Gasteiger partial charge in [0.25, 0.3) is 11.8 Å². The Morgan fingerprint density at radius 3 is 2.50 bits per heavy atom. The molecule has 0 radical (unpaired) electrons. The zero-order chi connectivity index (χ0) is 17.4. The lowest BCUT2D eigenvalue weighted by Crippen LogP contribution is -2.26. The van der Waals surface area contributed by atoms with Crippen LogP contribution >= 0.6 is 0 Å². The molecule has 0 bridgehead atoms. The van der Waals surface area contributed by atoms with E-state index >= 15 is 0 Å². The summed E-state index contributed by atoms with van der Waals surface area (Å²) in [5.41, 5.74) is 1.50. The zero-order valence-electron chi connectivity index (χ0n) is 13.4. The highest BCUT2D eigenvalue weighted by molar-refractivity contribution is 5.99. The average Bonchev–Trinajstić information content (AvgIpc) is 2.64. The molecular formula is C18H19N3O3. The van der Waals surface area contributed by atoms with Crippen LogP contribution in [0.4, 0.5) is 0 Å². The summed E-state index contributed by atoms with van der Waals surface area (Å²) in [6.45, 7) is 4.20. The second-order valence-electron chi connectivity index (χ2n) is 4.96. The molecule has 1 aromatic heterocycles. The lowest BCUT2D eigenvalue weighted by Gasteiger charge is -2.10. The molecule has 0 atom stereocenters. The van der Waals surface area contributed by atoms with Gasteiger partial charge in [-0.2, -0.15) is 0 Å². The van der Waals surface area contributed by atoms with Gasteiger partial charge in [0.15, 0.2) is 0 Å². The van der Waals surface area contributed by atoms with E-state index in [1.165, 1.54) is 18.5 Å². The highest BCUT2D eigenvalue weighted by Gasteiger charge is 2.11. The van der Waals surface area contributed by atoms with E-state index < -0.39 is 0 Å². The van der Waals surface area contributed by atoms with Gasteiger partial charge in [-0.1, -0.05) is 24.3 Å². The first-order valence-electron chi connectivity index (χ1n) is 7.40. The number of hydrogen-bond acceptors (Lipinski definition) is 4. The van der Waals surface area contributed by atoms with Crippen LogP contribution in [0.15, 0.2) is 55.4 Å². The summed E-state index contributed by atoms with van der Waals surface area (Å²) in [6, 6.07) is 8.93. The van der Waals surface area contributed by atoms with Gasteiger partial charge in [0.2, 0.25) is 0 Å². The highest BCUT2D eigenvalue weighted by Crippen LogP contribution is 2.16. The first-order chi connectivity index (χ1) is 11.7. The van der Waals surface area contributed by atoms with Crippen LogP contribution in [0.3, 0.4) is 0 Å². The molecule has 2 rings (SSSR count). The summed E-state index contributed by atoms with van der Waals surface area (Å²) in [7, 11) is 1.58. The number of benzene rings is 1. The lowest BCUT2D eigenvalue weighted by molar-refractivity contribution is 0.0950. The third-order valence-corrected chi connectivity index (χ3v) is 3.30. The Bertz CT molecular complexity index is 744. The maximum Gasteiger partial charge on any atom is 0.253 e. The predicted octanol–water partition coefficient (Wildman–Crippen LogP) is 1.94. The monoisotopic (exact) mass is 325 g/mol. The molecule has 124 valence electrons. The number of nitrogens with zero attached hydrogens (tertiary/aromatic N) is 1. The topological polar surface area (TPSA) is 80.3 Å². The van der Waals surface area contributed by atoms with Gasteiger partial charge in [-0.15, -0.1) is 6.58 Å². The molecule has 0 aliphatic rings. The number of pyridine rings is 1. The van der Waals surface area contributed by atoms with Crippen molar-refractivity contribution >= 4 is 11.8 Å². The summed E-state index contributed by atoms with van der Waals surface area (Å²) < 4.78 is 5.25. The fraction of sp³-hybridized carbons (Fsp3) is 0.167. The van der Waals surface area contributed by atoms with E-state index in [1.807, 2.05) is 24.3 Å². The third-order valence-electron chi connectivity index (χ3n) is 3.30.